The third-order valence-corrected chi connectivity index (χ3v) is 2.00. The van der Waals surface area contributed by atoms with Gasteiger partial charge in [-0.25, -0.2) is 4.39 Å². The van der Waals surface area contributed by atoms with Gasteiger partial charge in [-0.2, -0.15) is 0 Å². The van der Waals surface area contributed by atoms with Gasteiger partial charge in [0.15, 0.2) is 0 Å². The molecule has 78 valence electrons. The van der Waals surface area contributed by atoms with Crippen molar-refractivity contribution < 1.29 is 14.2 Å². The normalized spacial score (nSPS) is 12.5. The molecule has 3 heteroatoms. The number of rotatable bonds is 5. The minimum atomic E-state index is -0.536. The Bertz CT molecular complexity index is 276. The number of para-hydroxylation sites is 1. The zero-order chi connectivity index (χ0) is 10.4. The summed E-state index contributed by atoms with van der Waals surface area (Å²) in [6.45, 7) is 1.40. The van der Waals surface area contributed by atoms with E-state index in [0.29, 0.717) is 12.2 Å². The maximum absolute atomic E-state index is 11.9. The predicted molar refractivity (Wildman–Crippen MR) is 53.2 cm³/mol. The molecule has 0 heterocycles. The summed E-state index contributed by atoms with van der Waals surface area (Å²) in [5.74, 6) is 0.569. The molecule has 0 aromatic heterocycles. The molecule has 2 nitrogen and oxygen atoms in total. The molecule has 1 aromatic carbocycles. The highest BCUT2D eigenvalue weighted by atomic mass is 19.1. The van der Waals surface area contributed by atoms with Crippen LogP contribution in [0, 0.1) is 0 Å². The maximum atomic E-state index is 11.9. The van der Waals surface area contributed by atoms with Crippen LogP contribution in [0.2, 0.25) is 0 Å². The van der Waals surface area contributed by atoms with Crippen LogP contribution in [0.15, 0.2) is 24.3 Å². The first-order chi connectivity index (χ1) is 6.79. The van der Waals surface area contributed by atoms with Crippen molar-refractivity contribution in [2.24, 2.45) is 0 Å². The van der Waals surface area contributed by atoms with Crippen molar-refractivity contribution in [3.63, 3.8) is 0 Å². The summed E-state index contributed by atoms with van der Waals surface area (Å²) in [5.41, 5.74) is 0.725. The first kappa shape index (κ1) is 11.0. The minimum Gasteiger partial charge on any atom is -0.490 e. The summed E-state index contributed by atoms with van der Waals surface area (Å²) in [6.07, 6.45) is 0.0847. The average molecular weight is 198 g/mol. The van der Waals surface area contributed by atoms with E-state index in [1.54, 1.807) is 18.2 Å². The molecule has 1 N–H and O–H groups in total. The molecule has 0 saturated heterocycles. The third kappa shape index (κ3) is 2.70. The molecule has 0 aliphatic heterocycles. The van der Waals surface area contributed by atoms with E-state index < -0.39 is 12.8 Å². The van der Waals surface area contributed by atoms with Crippen molar-refractivity contribution in [3.8, 4) is 5.75 Å². The van der Waals surface area contributed by atoms with Crippen LogP contribution in [0.25, 0.3) is 0 Å². The molecule has 0 unspecified atom stereocenters. The molecule has 1 atom stereocenters. The second-order valence-electron chi connectivity index (χ2n) is 3.00. The monoisotopic (exact) mass is 198 g/mol. The van der Waals surface area contributed by atoms with Crippen molar-refractivity contribution in [1.29, 1.82) is 0 Å². The number of aliphatic hydroxyl groups excluding tert-OH is 1. The lowest BCUT2D eigenvalue weighted by Crippen LogP contribution is -2.04. The Hall–Kier alpha value is -1.09. The van der Waals surface area contributed by atoms with Gasteiger partial charge in [0.2, 0.25) is 0 Å². The lowest BCUT2D eigenvalue weighted by molar-refractivity contribution is 0.166. The highest BCUT2D eigenvalue weighted by Crippen LogP contribution is 2.26. The molecule has 0 amide bonds. The van der Waals surface area contributed by atoms with E-state index >= 15 is 0 Å². The topological polar surface area (TPSA) is 29.5 Å². The van der Waals surface area contributed by atoms with Crippen LogP contribution in [-0.4, -0.2) is 18.4 Å². The molecule has 0 aliphatic carbocycles. The van der Waals surface area contributed by atoms with E-state index in [1.165, 1.54) is 0 Å². The van der Waals surface area contributed by atoms with E-state index in [9.17, 15) is 9.50 Å². The van der Waals surface area contributed by atoms with Gasteiger partial charge in [0.05, 0.1) is 6.10 Å². The minimum absolute atomic E-state index is 0.0352. The first-order valence-corrected chi connectivity index (χ1v) is 4.75. The number of benzene rings is 1. The Morgan fingerprint density at radius 3 is 2.79 bits per heavy atom. The fraction of sp³-hybridized carbons (Fsp3) is 0.455. The molecule has 1 rings (SSSR count). The Balaban J connectivity index is 2.79. The van der Waals surface area contributed by atoms with Crippen LogP contribution >= 0.6 is 0 Å². The zero-order valence-corrected chi connectivity index (χ0v) is 8.24. The van der Waals surface area contributed by atoms with E-state index in [2.05, 4.69) is 0 Å². The number of halogens is 1. The molecule has 0 spiro atoms. The van der Waals surface area contributed by atoms with Crippen LogP contribution in [0.3, 0.4) is 0 Å². The molecule has 0 bridgehead atoms. The Kier molecular flexibility index (Phi) is 4.40. The van der Waals surface area contributed by atoms with Gasteiger partial charge in [0.25, 0.3) is 0 Å². The SMILES string of the molecule is CC[C@H](O)c1ccccc1OCCF. The molecule has 14 heavy (non-hydrogen) atoms. The number of alkyl halides is 1. The van der Waals surface area contributed by atoms with Crippen LogP contribution in [0.4, 0.5) is 4.39 Å². The lowest BCUT2D eigenvalue weighted by Gasteiger charge is -2.13. The molecule has 0 fully saturated rings. The van der Waals surface area contributed by atoms with Crippen molar-refractivity contribution >= 4 is 0 Å². The van der Waals surface area contributed by atoms with Crippen molar-refractivity contribution in [1.82, 2.24) is 0 Å². The second kappa shape index (κ2) is 5.60. The average Bonchev–Trinajstić information content (AvgIpc) is 2.25. The van der Waals surface area contributed by atoms with Gasteiger partial charge in [-0.05, 0) is 12.5 Å². The highest BCUT2D eigenvalue weighted by Gasteiger charge is 2.10. The van der Waals surface area contributed by atoms with Gasteiger partial charge < -0.3 is 9.84 Å². The number of ether oxygens (including phenoxy) is 1. The molecule has 0 radical (unpaired) electrons. The van der Waals surface area contributed by atoms with E-state index in [1.807, 2.05) is 13.0 Å². The summed E-state index contributed by atoms with van der Waals surface area (Å²) in [7, 11) is 0. The van der Waals surface area contributed by atoms with Gasteiger partial charge in [0, 0.05) is 5.56 Å². The van der Waals surface area contributed by atoms with E-state index in [-0.39, 0.29) is 6.61 Å². The smallest absolute Gasteiger partial charge is 0.125 e. The molecule has 1 aromatic rings. The van der Waals surface area contributed by atoms with Crippen LogP contribution in [0.5, 0.6) is 5.75 Å². The van der Waals surface area contributed by atoms with Gasteiger partial charge in [0.1, 0.15) is 19.0 Å². The molecular weight excluding hydrogens is 183 g/mol. The van der Waals surface area contributed by atoms with Gasteiger partial charge >= 0.3 is 0 Å². The number of hydrogen-bond acceptors (Lipinski definition) is 2. The van der Waals surface area contributed by atoms with Gasteiger partial charge in [-0.3, -0.25) is 0 Å². The lowest BCUT2D eigenvalue weighted by atomic mass is 10.1. The molecular formula is C11H15FO2. The standard InChI is InChI=1S/C11H15FO2/c1-2-10(13)9-5-3-4-6-11(9)14-8-7-12/h3-6,10,13H,2,7-8H2,1H3/t10-/m0/s1. The largest absolute Gasteiger partial charge is 0.490 e. The summed E-state index contributed by atoms with van der Waals surface area (Å²) >= 11 is 0. The van der Waals surface area contributed by atoms with Crippen molar-refractivity contribution in [3.05, 3.63) is 29.8 Å². The fourth-order valence-electron chi connectivity index (χ4n) is 1.26. The van der Waals surface area contributed by atoms with Crippen LogP contribution in [-0.2, 0) is 0 Å². The Labute approximate surface area is 83.3 Å². The Morgan fingerprint density at radius 2 is 2.14 bits per heavy atom. The summed E-state index contributed by atoms with van der Waals surface area (Å²) in [6, 6.07) is 7.17. The number of hydrogen-bond donors (Lipinski definition) is 1. The second-order valence-corrected chi connectivity index (χ2v) is 3.00. The number of aliphatic hydroxyl groups is 1. The Morgan fingerprint density at radius 1 is 1.43 bits per heavy atom. The summed E-state index contributed by atoms with van der Waals surface area (Å²) in [5, 5.41) is 9.64. The van der Waals surface area contributed by atoms with Gasteiger partial charge in [-0.1, -0.05) is 25.1 Å². The molecule has 0 saturated carbocycles. The third-order valence-electron chi connectivity index (χ3n) is 2.00. The first-order valence-electron chi connectivity index (χ1n) is 4.75. The fourth-order valence-corrected chi connectivity index (χ4v) is 1.26. The van der Waals surface area contributed by atoms with Crippen molar-refractivity contribution in [2.75, 3.05) is 13.3 Å². The van der Waals surface area contributed by atoms with Crippen molar-refractivity contribution in [2.45, 2.75) is 19.4 Å². The van der Waals surface area contributed by atoms with Crippen LogP contribution < -0.4 is 4.74 Å². The van der Waals surface area contributed by atoms with E-state index in [0.717, 1.165) is 5.56 Å². The van der Waals surface area contributed by atoms with E-state index in [4.69, 9.17) is 4.74 Å². The van der Waals surface area contributed by atoms with Crippen LogP contribution in [0.1, 0.15) is 25.0 Å². The molecule has 0 aliphatic rings. The summed E-state index contributed by atoms with van der Waals surface area (Å²) in [4.78, 5) is 0. The predicted octanol–water partition coefficient (Wildman–Crippen LogP) is 2.48. The maximum Gasteiger partial charge on any atom is 0.125 e. The quantitative estimate of drug-likeness (QED) is 0.787. The highest BCUT2D eigenvalue weighted by molar-refractivity contribution is 5.34. The van der Waals surface area contributed by atoms with Gasteiger partial charge in [-0.15, -0.1) is 0 Å². The summed E-state index contributed by atoms with van der Waals surface area (Å²) < 4.78 is 17.1. The zero-order valence-electron chi connectivity index (χ0n) is 8.24.